The third-order valence-corrected chi connectivity index (χ3v) is 1.83. The molecule has 0 aliphatic carbocycles. The van der Waals surface area contributed by atoms with Crippen LogP contribution in [0.5, 0.6) is 5.75 Å². The second kappa shape index (κ2) is 4.45. The van der Waals surface area contributed by atoms with E-state index >= 15 is 0 Å². The number of aliphatic carboxylic acids is 1. The highest BCUT2D eigenvalue weighted by Gasteiger charge is 2.11. The van der Waals surface area contributed by atoms with Gasteiger partial charge in [-0.05, 0) is 31.2 Å². The molecular weight excluding hydrogens is 196 g/mol. The van der Waals surface area contributed by atoms with E-state index in [-0.39, 0.29) is 5.84 Å². The van der Waals surface area contributed by atoms with Gasteiger partial charge in [0.05, 0.1) is 0 Å². The molecule has 1 atom stereocenters. The molecule has 0 radical (unpaired) electrons. The number of nitrogen functional groups attached to an aromatic ring is 1. The van der Waals surface area contributed by atoms with Crippen LogP contribution in [0.25, 0.3) is 0 Å². The SMILES string of the molecule is CC(Oc1ccc(C(=N)N)cc1)C(=O)O. The minimum Gasteiger partial charge on any atom is -0.479 e. The van der Waals surface area contributed by atoms with Gasteiger partial charge in [-0.1, -0.05) is 0 Å². The monoisotopic (exact) mass is 208 g/mol. The summed E-state index contributed by atoms with van der Waals surface area (Å²) in [5, 5.41) is 15.8. The quantitative estimate of drug-likeness (QED) is 0.504. The summed E-state index contributed by atoms with van der Waals surface area (Å²) in [5.74, 6) is -0.617. The Balaban J connectivity index is 2.72. The zero-order valence-corrected chi connectivity index (χ0v) is 8.23. The first-order valence-corrected chi connectivity index (χ1v) is 4.34. The van der Waals surface area contributed by atoms with Gasteiger partial charge < -0.3 is 15.6 Å². The number of carbonyl (C=O) groups is 1. The van der Waals surface area contributed by atoms with Crippen molar-refractivity contribution >= 4 is 11.8 Å². The van der Waals surface area contributed by atoms with Crippen molar-refractivity contribution in [2.45, 2.75) is 13.0 Å². The van der Waals surface area contributed by atoms with E-state index in [0.717, 1.165) is 0 Å². The van der Waals surface area contributed by atoms with Crippen molar-refractivity contribution in [3.63, 3.8) is 0 Å². The average molecular weight is 208 g/mol. The number of benzene rings is 1. The maximum absolute atomic E-state index is 10.5. The number of nitrogens with two attached hydrogens (primary N) is 1. The first-order chi connectivity index (χ1) is 7.00. The van der Waals surface area contributed by atoms with Gasteiger partial charge in [0.2, 0.25) is 0 Å². The smallest absolute Gasteiger partial charge is 0.344 e. The van der Waals surface area contributed by atoms with Crippen LogP contribution in [0.4, 0.5) is 0 Å². The molecule has 0 aliphatic rings. The van der Waals surface area contributed by atoms with E-state index < -0.39 is 12.1 Å². The topological polar surface area (TPSA) is 96.4 Å². The molecule has 0 saturated carbocycles. The first-order valence-electron chi connectivity index (χ1n) is 4.34. The number of carboxylic acids is 1. The fraction of sp³-hybridized carbons (Fsp3) is 0.200. The van der Waals surface area contributed by atoms with E-state index in [1.807, 2.05) is 0 Å². The Morgan fingerprint density at radius 3 is 2.40 bits per heavy atom. The van der Waals surface area contributed by atoms with E-state index in [0.29, 0.717) is 11.3 Å². The third-order valence-electron chi connectivity index (χ3n) is 1.83. The van der Waals surface area contributed by atoms with Gasteiger partial charge >= 0.3 is 5.97 Å². The average Bonchev–Trinajstić information content (AvgIpc) is 2.18. The Hall–Kier alpha value is -2.04. The highest BCUT2D eigenvalue weighted by Crippen LogP contribution is 2.13. The molecule has 1 aromatic carbocycles. The van der Waals surface area contributed by atoms with Crippen LogP contribution in [0, 0.1) is 5.41 Å². The van der Waals surface area contributed by atoms with Crippen molar-refractivity contribution in [1.29, 1.82) is 5.41 Å². The molecule has 1 rings (SSSR count). The van der Waals surface area contributed by atoms with E-state index in [1.165, 1.54) is 6.92 Å². The van der Waals surface area contributed by atoms with Gasteiger partial charge in [-0.25, -0.2) is 4.79 Å². The number of carboxylic acid groups (broad SMARTS) is 1. The second-order valence-corrected chi connectivity index (χ2v) is 3.04. The molecule has 0 aliphatic heterocycles. The van der Waals surface area contributed by atoms with Crippen LogP contribution in [-0.4, -0.2) is 23.0 Å². The maximum Gasteiger partial charge on any atom is 0.344 e. The van der Waals surface area contributed by atoms with E-state index in [1.54, 1.807) is 24.3 Å². The number of rotatable bonds is 4. The number of ether oxygens (including phenoxy) is 1. The molecule has 80 valence electrons. The van der Waals surface area contributed by atoms with Crippen molar-refractivity contribution in [3.05, 3.63) is 29.8 Å². The third kappa shape index (κ3) is 2.98. The van der Waals surface area contributed by atoms with Crippen LogP contribution in [0.15, 0.2) is 24.3 Å². The molecule has 0 spiro atoms. The lowest BCUT2D eigenvalue weighted by Gasteiger charge is -2.10. The molecular formula is C10H12N2O3. The summed E-state index contributed by atoms with van der Waals surface area (Å²) in [6.45, 7) is 1.45. The van der Waals surface area contributed by atoms with Crippen molar-refractivity contribution in [2.24, 2.45) is 5.73 Å². The normalized spacial score (nSPS) is 11.8. The van der Waals surface area contributed by atoms with Crippen LogP contribution >= 0.6 is 0 Å². The Morgan fingerprint density at radius 1 is 1.47 bits per heavy atom. The van der Waals surface area contributed by atoms with E-state index in [9.17, 15) is 4.79 Å². The van der Waals surface area contributed by atoms with Gasteiger partial charge in [-0.15, -0.1) is 0 Å². The van der Waals surface area contributed by atoms with Gasteiger partial charge in [-0.2, -0.15) is 0 Å². The summed E-state index contributed by atoms with van der Waals surface area (Å²) >= 11 is 0. The second-order valence-electron chi connectivity index (χ2n) is 3.04. The lowest BCUT2D eigenvalue weighted by Crippen LogP contribution is -2.22. The summed E-state index contributed by atoms with van der Waals surface area (Å²) in [6.07, 6.45) is -0.895. The standard InChI is InChI=1S/C10H12N2O3/c1-6(10(13)14)15-8-4-2-7(3-5-8)9(11)12/h2-6H,1H3,(H3,11,12)(H,13,14). The molecule has 0 heterocycles. The summed E-state index contributed by atoms with van der Waals surface area (Å²) in [7, 11) is 0. The zero-order chi connectivity index (χ0) is 11.4. The van der Waals surface area contributed by atoms with Gasteiger partial charge in [0, 0.05) is 5.56 Å². The molecule has 1 aromatic rings. The van der Waals surface area contributed by atoms with Crippen molar-refractivity contribution in [1.82, 2.24) is 0 Å². The minimum atomic E-state index is -1.02. The highest BCUT2D eigenvalue weighted by atomic mass is 16.5. The minimum absolute atomic E-state index is 0.0344. The summed E-state index contributed by atoms with van der Waals surface area (Å²) in [6, 6.07) is 6.37. The summed E-state index contributed by atoms with van der Waals surface area (Å²) in [4.78, 5) is 10.5. The molecule has 0 bridgehead atoms. The molecule has 0 fully saturated rings. The van der Waals surface area contributed by atoms with Crippen molar-refractivity contribution < 1.29 is 14.6 Å². The molecule has 15 heavy (non-hydrogen) atoms. The van der Waals surface area contributed by atoms with Gasteiger partial charge in [0.1, 0.15) is 11.6 Å². The predicted molar refractivity (Wildman–Crippen MR) is 55.2 cm³/mol. The maximum atomic E-state index is 10.5. The number of amidine groups is 1. The fourth-order valence-electron chi connectivity index (χ4n) is 0.968. The summed E-state index contributed by atoms with van der Waals surface area (Å²) < 4.78 is 5.10. The van der Waals surface area contributed by atoms with Gasteiger partial charge in [0.15, 0.2) is 6.10 Å². The lowest BCUT2D eigenvalue weighted by atomic mass is 10.2. The van der Waals surface area contributed by atoms with Crippen LogP contribution in [0.1, 0.15) is 12.5 Å². The number of hydrogen-bond donors (Lipinski definition) is 3. The fourth-order valence-corrected chi connectivity index (χ4v) is 0.968. The Labute approximate surface area is 87.0 Å². The predicted octanol–water partition coefficient (Wildman–Crippen LogP) is 0.823. The van der Waals surface area contributed by atoms with Crippen molar-refractivity contribution in [2.75, 3.05) is 0 Å². The van der Waals surface area contributed by atoms with E-state index in [4.69, 9.17) is 21.0 Å². The number of nitrogens with one attached hydrogen (secondary N) is 1. The molecule has 0 aromatic heterocycles. The Morgan fingerprint density at radius 2 is 2.00 bits per heavy atom. The Kier molecular flexibility index (Phi) is 3.28. The molecule has 1 unspecified atom stereocenters. The Bertz CT molecular complexity index is 373. The van der Waals surface area contributed by atoms with E-state index in [2.05, 4.69) is 0 Å². The lowest BCUT2D eigenvalue weighted by molar-refractivity contribution is -0.144. The highest BCUT2D eigenvalue weighted by molar-refractivity contribution is 5.94. The largest absolute Gasteiger partial charge is 0.479 e. The molecule has 0 saturated heterocycles. The summed E-state index contributed by atoms with van der Waals surface area (Å²) in [5.41, 5.74) is 5.84. The van der Waals surface area contributed by atoms with Crippen LogP contribution in [-0.2, 0) is 4.79 Å². The van der Waals surface area contributed by atoms with Gasteiger partial charge in [-0.3, -0.25) is 5.41 Å². The number of hydrogen-bond acceptors (Lipinski definition) is 3. The molecule has 5 heteroatoms. The van der Waals surface area contributed by atoms with Gasteiger partial charge in [0.25, 0.3) is 0 Å². The van der Waals surface area contributed by atoms with Crippen LogP contribution in [0.3, 0.4) is 0 Å². The van der Waals surface area contributed by atoms with Crippen LogP contribution < -0.4 is 10.5 Å². The first kappa shape index (κ1) is 11.0. The van der Waals surface area contributed by atoms with Crippen LogP contribution in [0.2, 0.25) is 0 Å². The zero-order valence-electron chi connectivity index (χ0n) is 8.23. The molecule has 0 amide bonds. The molecule has 4 N–H and O–H groups in total. The van der Waals surface area contributed by atoms with Crippen molar-refractivity contribution in [3.8, 4) is 5.75 Å². The molecule has 5 nitrogen and oxygen atoms in total.